The van der Waals surface area contributed by atoms with Crippen LogP contribution in [0.1, 0.15) is 46.0 Å². The van der Waals surface area contributed by atoms with Gasteiger partial charge in [0.2, 0.25) is 0 Å². The zero-order chi connectivity index (χ0) is 9.84. The Hall–Kier alpha value is -0.0800. The Morgan fingerprint density at radius 2 is 1.54 bits per heavy atom. The number of aliphatic hydroxyl groups is 2. The van der Waals surface area contributed by atoms with Crippen molar-refractivity contribution in [3.63, 3.8) is 0 Å². The SMILES string of the molecule is CCCC1CC(O)C(O)CC1CC. The van der Waals surface area contributed by atoms with E-state index in [0.29, 0.717) is 11.8 Å². The van der Waals surface area contributed by atoms with Gasteiger partial charge in [-0.05, 0) is 24.7 Å². The molecule has 0 aliphatic heterocycles. The average molecular weight is 186 g/mol. The molecule has 1 aliphatic rings. The summed E-state index contributed by atoms with van der Waals surface area (Å²) in [6.07, 6.45) is 4.16. The van der Waals surface area contributed by atoms with Gasteiger partial charge in [-0.3, -0.25) is 0 Å². The molecule has 13 heavy (non-hydrogen) atoms. The molecule has 0 aromatic carbocycles. The molecule has 78 valence electrons. The third-order valence-electron chi connectivity index (χ3n) is 3.38. The van der Waals surface area contributed by atoms with E-state index in [0.717, 1.165) is 19.3 Å². The van der Waals surface area contributed by atoms with E-state index >= 15 is 0 Å². The molecule has 2 heteroatoms. The molecule has 0 aromatic heterocycles. The molecular formula is C11H22O2. The molecule has 2 nitrogen and oxygen atoms in total. The van der Waals surface area contributed by atoms with Crippen LogP contribution < -0.4 is 0 Å². The molecule has 1 fully saturated rings. The molecule has 4 atom stereocenters. The van der Waals surface area contributed by atoms with Crippen LogP contribution in [0, 0.1) is 11.8 Å². The van der Waals surface area contributed by atoms with E-state index in [1.165, 1.54) is 12.8 Å². The number of rotatable bonds is 3. The summed E-state index contributed by atoms with van der Waals surface area (Å²) in [7, 11) is 0. The predicted octanol–water partition coefficient (Wildman–Crippen LogP) is 1.94. The molecule has 0 radical (unpaired) electrons. The molecule has 1 aliphatic carbocycles. The Bertz CT molecular complexity index is 147. The Morgan fingerprint density at radius 3 is 2.00 bits per heavy atom. The lowest BCUT2D eigenvalue weighted by atomic mass is 9.73. The first kappa shape index (κ1) is 11.0. The number of hydrogen-bond acceptors (Lipinski definition) is 2. The van der Waals surface area contributed by atoms with Gasteiger partial charge in [0.25, 0.3) is 0 Å². The standard InChI is InChI=1S/C11H22O2/c1-3-5-9-7-11(13)10(12)6-8(9)4-2/h8-13H,3-7H2,1-2H3. The molecule has 2 N–H and O–H groups in total. The molecule has 0 heterocycles. The fraction of sp³-hybridized carbons (Fsp3) is 1.00. The second-order valence-electron chi connectivity index (χ2n) is 4.32. The highest BCUT2D eigenvalue weighted by atomic mass is 16.3. The molecule has 4 unspecified atom stereocenters. The largest absolute Gasteiger partial charge is 0.390 e. The van der Waals surface area contributed by atoms with Gasteiger partial charge in [-0.1, -0.05) is 33.1 Å². The van der Waals surface area contributed by atoms with E-state index in [9.17, 15) is 10.2 Å². The molecule has 0 aromatic rings. The lowest BCUT2D eigenvalue weighted by Crippen LogP contribution is -2.38. The van der Waals surface area contributed by atoms with Crippen molar-refractivity contribution in [1.82, 2.24) is 0 Å². The summed E-state index contributed by atoms with van der Waals surface area (Å²) in [5.41, 5.74) is 0. The van der Waals surface area contributed by atoms with Gasteiger partial charge in [0.05, 0.1) is 12.2 Å². The predicted molar refractivity (Wildman–Crippen MR) is 53.4 cm³/mol. The van der Waals surface area contributed by atoms with Crippen LogP contribution in [0.5, 0.6) is 0 Å². The van der Waals surface area contributed by atoms with Crippen LogP contribution in [-0.2, 0) is 0 Å². The van der Waals surface area contributed by atoms with Gasteiger partial charge in [-0.2, -0.15) is 0 Å². The van der Waals surface area contributed by atoms with Crippen molar-refractivity contribution in [2.24, 2.45) is 11.8 Å². The fourth-order valence-corrected chi connectivity index (χ4v) is 2.54. The minimum Gasteiger partial charge on any atom is -0.390 e. The minimum absolute atomic E-state index is 0.473. The van der Waals surface area contributed by atoms with Crippen molar-refractivity contribution >= 4 is 0 Å². The second-order valence-corrected chi connectivity index (χ2v) is 4.32. The van der Waals surface area contributed by atoms with Gasteiger partial charge in [0.15, 0.2) is 0 Å². The molecule has 0 spiro atoms. The first-order chi connectivity index (χ1) is 6.19. The second kappa shape index (κ2) is 4.97. The monoisotopic (exact) mass is 186 g/mol. The van der Waals surface area contributed by atoms with Crippen molar-refractivity contribution in [2.45, 2.75) is 58.2 Å². The van der Waals surface area contributed by atoms with Gasteiger partial charge < -0.3 is 10.2 Å². The maximum atomic E-state index is 9.54. The lowest BCUT2D eigenvalue weighted by molar-refractivity contribution is -0.0498. The number of aliphatic hydroxyl groups excluding tert-OH is 2. The Labute approximate surface area is 81.0 Å². The lowest BCUT2D eigenvalue weighted by Gasteiger charge is -2.36. The Morgan fingerprint density at radius 1 is 1.00 bits per heavy atom. The molecule has 0 saturated heterocycles. The first-order valence-corrected chi connectivity index (χ1v) is 5.55. The normalized spacial score (nSPS) is 40.6. The van der Waals surface area contributed by atoms with E-state index < -0.39 is 12.2 Å². The minimum atomic E-state index is -0.474. The van der Waals surface area contributed by atoms with Gasteiger partial charge in [0, 0.05) is 0 Å². The zero-order valence-electron chi connectivity index (χ0n) is 8.74. The highest BCUT2D eigenvalue weighted by Gasteiger charge is 2.33. The average Bonchev–Trinajstić information content (AvgIpc) is 2.11. The van der Waals surface area contributed by atoms with E-state index in [4.69, 9.17) is 0 Å². The van der Waals surface area contributed by atoms with E-state index in [1.54, 1.807) is 0 Å². The van der Waals surface area contributed by atoms with E-state index in [-0.39, 0.29) is 0 Å². The quantitative estimate of drug-likeness (QED) is 0.707. The molecule has 1 saturated carbocycles. The van der Waals surface area contributed by atoms with Crippen LogP contribution >= 0.6 is 0 Å². The molecular weight excluding hydrogens is 164 g/mol. The highest BCUT2D eigenvalue weighted by molar-refractivity contribution is 4.84. The van der Waals surface area contributed by atoms with Crippen molar-refractivity contribution in [2.75, 3.05) is 0 Å². The van der Waals surface area contributed by atoms with Gasteiger partial charge in [0.1, 0.15) is 0 Å². The third kappa shape index (κ3) is 2.68. The zero-order valence-corrected chi connectivity index (χ0v) is 8.74. The van der Waals surface area contributed by atoms with Gasteiger partial charge in [-0.25, -0.2) is 0 Å². The first-order valence-electron chi connectivity index (χ1n) is 5.55. The summed E-state index contributed by atoms with van der Waals surface area (Å²) in [6.45, 7) is 4.36. The highest BCUT2D eigenvalue weighted by Crippen LogP contribution is 2.35. The van der Waals surface area contributed by atoms with Crippen LogP contribution in [0.3, 0.4) is 0 Å². The fourth-order valence-electron chi connectivity index (χ4n) is 2.54. The third-order valence-corrected chi connectivity index (χ3v) is 3.38. The topological polar surface area (TPSA) is 40.5 Å². The summed E-state index contributed by atoms with van der Waals surface area (Å²) in [5.74, 6) is 1.26. The maximum Gasteiger partial charge on any atom is 0.0802 e. The van der Waals surface area contributed by atoms with Gasteiger partial charge >= 0.3 is 0 Å². The summed E-state index contributed by atoms with van der Waals surface area (Å²) in [4.78, 5) is 0. The van der Waals surface area contributed by atoms with Crippen LogP contribution in [0.25, 0.3) is 0 Å². The maximum absolute atomic E-state index is 9.54. The molecule has 0 amide bonds. The molecule has 1 rings (SSSR count). The van der Waals surface area contributed by atoms with Gasteiger partial charge in [-0.15, -0.1) is 0 Å². The summed E-state index contributed by atoms with van der Waals surface area (Å²) in [6, 6.07) is 0. The van der Waals surface area contributed by atoms with Crippen molar-refractivity contribution < 1.29 is 10.2 Å². The van der Waals surface area contributed by atoms with Crippen LogP contribution in [0.2, 0.25) is 0 Å². The summed E-state index contributed by atoms with van der Waals surface area (Å²) in [5, 5.41) is 19.1. The summed E-state index contributed by atoms with van der Waals surface area (Å²) >= 11 is 0. The number of hydrogen-bond donors (Lipinski definition) is 2. The molecule has 0 bridgehead atoms. The van der Waals surface area contributed by atoms with Crippen LogP contribution in [0.4, 0.5) is 0 Å². The summed E-state index contributed by atoms with van der Waals surface area (Å²) < 4.78 is 0. The smallest absolute Gasteiger partial charge is 0.0802 e. The Balaban J connectivity index is 2.50. The Kier molecular flexibility index (Phi) is 4.20. The van der Waals surface area contributed by atoms with Crippen molar-refractivity contribution in [3.05, 3.63) is 0 Å². The van der Waals surface area contributed by atoms with E-state index in [2.05, 4.69) is 13.8 Å². The van der Waals surface area contributed by atoms with Crippen molar-refractivity contribution in [3.8, 4) is 0 Å². The van der Waals surface area contributed by atoms with Crippen LogP contribution in [0.15, 0.2) is 0 Å². The van der Waals surface area contributed by atoms with Crippen molar-refractivity contribution in [1.29, 1.82) is 0 Å². The van der Waals surface area contributed by atoms with E-state index in [1.807, 2.05) is 0 Å². The van der Waals surface area contributed by atoms with Crippen LogP contribution in [-0.4, -0.2) is 22.4 Å².